The van der Waals surface area contributed by atoms with Crippen LogP contribution in [0, 0.1) is 0 Å². The largest absolute Gasteiger partial charge is 0.478 e. The Hall–Kier alpha value is -4.56. The maximum atomic E-state index is 12.5. The Morgan fingerprint density at radius 3 is 1.63 bits per heavy atom. The van der Waals surface area contributed by atoms with Gasteiger partial charge in [-0.05, 0) is 49.9 Å². The smallest absolute Gasteiger partial charge is 0.417 e. The molecule has 0 radical (unpaired) electrons. The number of hydrogen-bond acceptors (Lipinski definition) is 6. The summed E-state index contributed by atoms with van der Waals surface area (Å²) in [5.74, 6) is -0.293. The molecule has 0 aliphatic heterocycles. The summed E-state index contributed by atoms with van der Waals surface area (Å²) in [6.07, 6.45) is -0.207. The number of carboxylic acid groups (broad SMARTS) is 1. The van der Waals surface area contributed by atoms with Gasteiger partial charge in [0.15, 0.2) is 17.9 Å². The number of carbonyl (C=O) groups is 2. The molecule has 41 heavy (non-hydrogen) atoms. The van der Waals surface area contributed by atoms with Crippen molar-refractivity contribution in [1.82, 2.24) is 29.5 Å². The minimum absolute atomic E-state index is 0.0687. The molecule has 0 aromatic carbocycles. The molecule has 4 aromatic heterocycles. The molecule has 2 saturated carbocycles. The van der Waals surface area contributed by atoms with E-state index in [1.807, 2.05) is 0 Å². The Balaban J connectivity index is 0.000000165. The zero-order chi connectivity index (χ0) is 29.5. The molecule has 214 valence electrons. The number of carbonyl (C=O) groups excluding carboxylic acids is 1. The van der Waals surface area contributed by atoms with Crippen LogP contribution in [0.15, 0.2) is 49.1 Å². The van der Waals surface area contributed by atoms with E-state index in [-0.39, 0.29) is 29.0 Å². The van der Waals surface area contributed by atoms with Gasteiger partial charge in [-0.3, -0.25) is 4.79 Å². The number of hydrogen-bond donors (Lipinski definition) is 1. The van der Waals surface area contributed by atoms with Gasteiger partial charge in [-0.15, -0.1) is 0 Å². The summed E-state index contributed by atoms with van der Waals surface area (Å²) in [6.45, 7) is 0. The van der Waals surface area contributed by atoms with Gasteiger partial charge < -0.3 is 5.11 Å². The molecule has 1 N–H and O–H groups in total. The number of rotatable bonds is 6. The van der Waals surface area contributed by atoms with E-state index in [0.717, 1.165) is 50.1 Å². The monoisotopic (exact) mass is 578 g/mol. The van der Waals surface area contributed by atoms with Gasteiger partial charge in [-0.25, -0.2) is 24.1 Å². The highest BCUT2D eigenvalue weighted by Crippen LogP contribution is 2.41. The van der Waals surface area contributed by atoms with Crippen molar-refractivity contribution in [2.24, 2.45) is 0 Å². The van der Waals surface area contributed by atoms with Crippen molar-refractivity contribution in [3.05, 3.63) is 82.7 Å². The fourth-order valence-electron chi connectivity index (χ4n) is 3.99. The SMILES string of the molecule is O=C(O)c1cn(-c2ccc(C(F)(F)F)cn2)nc1C1CC1.O=Cc1cn(-c2ccc(C(F)(F)F)cn2)nc1C1CC1. The highest BCUT2D eigenvalue weighted by atomic mass is 19.4. The molecule has 0 saturated heterocycles. The maximum absolute atomic E-state index is 12.5. The lowest BCUT2D eigenvalue weighted by Crippen LogP contribution is -2.07. The molecular weight excluding hydrogens is 558 g/mol. The summed E-state index contributed by atoms with van der Waals surface area (Å²) in [5, 5.41) is 17.5. The Labute approximate surface area is 227 Å². The molecule has 0 spiro atoms. The van der Waals surface area contributed by atoms with Crippen LogP contribution in [0.5, 0.6) is 0 Å². The average molecular weight is 578 g/mol. The van der Waals surface area contributed by atoms with Crippen LogP contribution in [0.25, 0.3) is 11.6 Å². The summed E-state index contributed by atoms with van der Waals surface area (Å²) >= 11 is 0. The highest BCUT2D eigenvalue weighted by molar-refractivity contribution is 5.89. The first kappa shape index (κ1) is 28.0. The second-order valence-electron chi connectivity index (χ2n) is 9.56. The summed E-state index contributed by atoms with van der Waals surface area (Å²) in [4.78, 5) is 29.6. The van der Waals surface area contributed by atoms with E-state index >= 15 is 0 Å². The molecule has 0 atom stereocenters. The predicted molar refractivity (Wildman–Crippen MR) is 129 cm³/mol. The van der Waals surface area contributed by atoms with Crippen molar-refractivity contribution >= 4 is 12.3 Å². The minimum atomic E-state index is -4.46. The number of carboxylic acids is 1. The average Bonchev–Trinajstić information content (AvgIpc) is 3.87. The number of aromatic nitrogens is 6. The number of halogens is 6. The van der Waals surface area contributed by atoms with Gasteiger partial charge in [-0.1, -0.05) is 0 Å². The van der Waals surface area contributed by atoms with Crippen LogP contribution >= 0.6 is 0 Å². The number of nitrogens with zero attached hydrogens (tertiary/aromatic N) is 6. The molecule has 4 aromatic rings. The number of aromatic carboxylic acids is 1. The second kappa shape index (κ2) is 10.4. The molecule has 2 aliphatic rings. The molecular formula is C26H20F6N6O3. The van der Waals surface area contributed by atoms with Crippen molar-refractivity contribution in [3.63, 3.8) is 0 Å². The molecule has 0 bridgehead atoms. The lowest BCUT2D eigenvalue weighted by Gasteiger charge is -2.06. The molecule has 6 rings (SSSR count). The van der Waals surface area contributed by atoms with Gasteiger partial charge in [0.2, 0.25) is 0 Å². The van der Waals surface area contributed by atoms with Gasteiger partial charge in [0, 0.05) is 36.6 Å². The van der Waals surface area contributed by atoms with Gasteiger partial charge in [0.05, 0.1) is 28.1 Å². The first-order valence-electron chi connectivity index (χ1n) is 12.3. The fourth-order valence-corrected chi connectivity index (χ4v) is 3.99. The highest BCUT2D eigenvalue weighted by Gasteiger charge is 2.34. The molecule has 2 fully saturated rings. The molecule has 15 heteroatoms. The van der Waals surface area contributed by atoms with Crippen molar-refractivity contribution in [2.75, 3.05) is 0 Å². The Morgan fingerprint density at radius 1 is 0.780 bits per heavy atom. The van der Waals surface area contributed by atoms with Crippen LogP contribution in [-0.2, 0) is 12.4 Å². The topological polar surface area (TPSA) is 116 Å². The normalized spacial score (nSPS) is 15.3. The van der Waals surface area contributed by atoms with Crippen molar-refractivity contribution in [1.29, 1.82) is 0 Å². The first-order valence-corrected chi connectivity index (χ1v) is 12.3. The zero-order valence-corrected chi connectivity index (χ0v) is 20.9. The Kier molecular flexibility index (Phi) is 7.13. The van der Waals surface area contributed by atoms with E-state index in [0.29, 0.717) is 29.4 Å². The zero-order valence-electron chi connectivity index (χ0n) is 20.9. The van der Waals surface area contributed by atoms with Gasteiger partial charge in [-0.2, -0.15) is 36.5 Å². The molecule has 2 aliphatic carbocycles. The van der Waals surface area contributed by atoms with Gasteiger partial charge in [0.25, 0.3) is 0 Å². The molecule has 0 amide bonds. The maximum Gasteiger partial charge on any atom is 0.417 e. The third-order valence-electron chi connectivity index (χ3n) is 6.42. The van der Waals surface area contributed by atoms with E-state index in [4.69, 9.17) is 5.11 Å². The van der Waals surface area contributed by atoms with Crippen LogP contribution in [0.2, 0.25) is 0 Å². The lowest BCUT2D eigenvalue weighted by molar-refractivity contribution is -0.138. The van der Waals surface area contributed by atoms with Crippen molar-refractivity contribution < 1.29 is 41.0 Å². The van der Waals surface area contributed by atoms with Crippen LogP contribution < -0.4 is 0 Å². The predicted octanol–water partition coefficient (Wildman–Crippen LogP) is 5.84. The van der Waals surface area contributed by atoms with E-state index in [1.54, 1.807) is 0 Å². The van der Waals surface area contributed by atoms with Crippen LogP contribution in [0.3, 0.4) is 0 Å². The molecule has 4 heterocycles. The number of aldehydes is 1. The number of alkyl halides is 6. The summed E-state index contributed by atoms with van der Waals surface area (Å²) in [5.41, 5.74) is 0.0185. The van der Waals surface area contributed by atoms with Gasteiger partial charge >= 0.3 is 18.3 Å². The number of pyridine rings is 2. The lowest BCUT2D eigenvalue weighted by atomic mass is 10.2. The van der Waals surface area contributed by atoms with E-state index in [2.05, 4.69) is 20.2 Å². The third-order valence-corrected chi connectivity index (χ3v) is 6.42. The van der Waals surface area contributed by atoms with E-state index < -0.39 is 29.4 Å². The van der Waals surface area contributed by atoms with Crippen LogP contribution in [0.1, 0.15) is 80.7 Å². The third kappa shape index (κ3) is 6.28. The van der Waals surface area contributed by atoms with E-state index in [1.165, 1.54) is 27.8 Å². The van der Waals surface area contributed by atoms with E-state index in [9.17, 15) is 35.9 Å². The second-order valence-corrected chi connectivity index (χ2v) is 9.56. The Morgan fingerprint density at radius 2 is 1.24 bits per heavy atom. The molecule has 9 nitrogen and oxygen atoms in total. The first-order chi connectivity index (χ1) is 19.3. The molecule has 0 unspecified atom stereocenters. The Bertz CT molecular complexity index is 1570. The standard InChI is InChI=1S/C13H10F3N3O2.C13H10F3N3O/c14-13(15,16)8-3-4-10(17-5-8)19-6-9(12(20)21)11(18-19)7-1-2-7;14-13(15,16)10-3-4-11(17-5-10)19-6-9(7-20)12(18-19)8-1-2-8/h3-7H,1-2H2,(H,20,21);3-8H,1-2H2. The summed E-state index contributed by atoms with van der Waals surface area (Å²) in [7, 11) is 0. The quantitative estimate of drug-likeness (QED) is 0.226. The summed E-state index contributed by atoms with van der Waals surface area (Å²) in [6, 6.07) is 4.24. The minimum Gasteiger partial charge on any atom is -0.478 e. The van der Waals surface area contributed by atoms with Crippen LogP contribution in [0.4, 0.5) is 26.3 Å². The van der Waals surface area contributed by atoms with Crippen molar-refractivity contribution in [2.45, 2.75) is 49.9 Å². The van der Waals surface area contributed by atoms with Crippen molar-refractivity contribution in [3.8, 4) is 11.6 Å². The van der Waals surface area contributed by atoms with Gasteiger partial charge in [0.1, 0.15) is 5.56 Å². The fraction of sp³-hybridized carbons (Fsp3) is 0.308. The van der Waals surface area contributed by atoms with Crippen LogP contribution in [-0.4, -0.2) is 46.9 Å². The summed E-state index contributed by atoms with van der Waals surface area (Å²) < 4.78 is 77.3.